The predicted molar refractivity (Wildman–Crippen MR) is 109 cm³/mol. The maximum absolute atomic E-state index is 13.8. The van der Waals surface area contributed by atoms with Crippen molar-refractivity contribution in [1.29, 1.82) is 0 Å². The quantitative estimate of drug-likeness (QED) is 0.491. The summed E-state index contributed by atoms with van der Waals surface area (Å²) in [5.74, 6) is -1.46. The van der Waals surface area contributed by atoms with E-state index in [2.05, 4.69) is 0 Å². The molecule has 2 aromatic carbocycles. The lowest BCUT2D eigenvalue weighted by Crippen LogP contribution is -2.40. The van der Waals surface area contributed by atoms with E-state index in [1.165, 1.54) is 13.2 Å². The molecule has 1 heterocycles. The molecule has 3 rings (SSSR count). The number of amides is 1. The molecule has 0 aromatic heterocycles. The van der Waals surface area contributed by atoms with Gasteiger partial charge in [-0.05, 0) is 29.8 Å². The largest absolute Gasteiger partial charge is 0.548 e. The summed E-state index contributed by atoms with van der Waals surface area (Å²) in [6.45, 7) is -0.595. The molecule has 1 fully saturated rings. The van der Waals surface area contributed by atoms with E-state index in [9.17, 15) is 19.1 Å². The van der Waals surface area contributed by atoms with Gasteiger partial charge in [0.1, 0.15) is 16.7 Å². The Kier molecular flexibility index (Phi) is 6.50. The Labute approximate surface area is 175 Å². The minimum atomic E-state index is -1.39. The van der Waals surface area contributed by atoms with Crippen LogP contribution in [-0.2, 0) is 16.2 Å². The maximum Gasteiger partial charge on any atom is 0.266 e. The molecule has 0 unspecified atom stereocenters. The average Bonchev–Trinajstić information content (AvgIpc) is 2.94. The van der Waals surface area contributed by atoms with Crippen LogP contribution in [0.25, 0.3) is 6.08 Å². The number of ether oxygens (including phenoxy) is 2. The van der Waals surface area contributed by atoms with Crippen LogP contribution in [0.5, 0.6) is 11.5 Å². The lowest BCUT2D eigenvalue weighted by atomic mass is 10.1. The summed E-state index contributed by atoms with van der Waals surface area (Å²) in [5, 5.41) is 10.8. The van der Waals surface area contributed by atoms with Crippen molar-refractivity contribution in [3.63, 3.8) is 0 Å². The van der Waals surface area contributed by atoms with Crippen LogP contribution in [0.3, 0.4) is 0 Å². The fourth-order valence-corrected chi connectivity index (χ4v) is 3.84. The number of hydrogen-bond acceptors (Lipinski definition) is 7. The van der Waals surface area contributed by atoms with Crippen molar-refractivity contribution in [1.82, 2.24) is 4.90 Å². The highest BCUT2D eigenvalue weighted by Gasteiger charge is 2.31. The molecular formula is C20H15FNO5S2-. The Hall–Kier alpha value is -2.91. The zero-order chi connectivity index (χ0) is 21.0. The van der Waals surface area contributed by atoms with Crippen molar-refractivity contribution in [2.75, 3.05) is 13.7 Å². The molecule has 0 saturated carbocycles. The van der Waals surface area contributed by atoms with Crippen LogP contribution in [0.4, 0.5) is 4.39 Å². The first-order chi connectivity index (χ1) is 13.9. The second-order valence-electron chi connectivity index (χ2n) is 5.93. The van der Waals surface area contributed by atoms with E-state index < -0.39 is 18.4 Å². The number of benzene rings is 2. The summed E-state index contributed by atoms with van der Waals surface area (Å²) >= 11 is 6.06. The fourth-order valence-electron chi connectivity index (χ4n) is 2.58. The second kappa shape index (κ2) is 9.06. The zero-order valence-electron chi connectivity index (χ0n) is 15.2. The third kappa shape index (κ3) is 4.93. The van der Waals surface area contributed by atoms with Crippen LogP contribution in [0.15, 0.2) is 47.4 Å². The van der Waals surface area contributed by atoms with Crippen LogP contribution in [-0.4, -0.2) is 34.8 Å². The van der Waals surface area contributed by atoms with Gasteiger partial charge >= 0.3 is 0 Å². The van der Waals surface area contributed by atoms with E-state index >= 15 is 0 Å². The van der Waals surface area contributed by atoms with Crippen LogP contribution in [0, 0.1) is 5.82 Å². The number of nitrogens with zero attached hydrogens (tertiary/aromatic N) is 1. The van der Waals surface area contributed by atoms with E-state index in [1.807, 2.05) is 0 Å². The molecule has 0 atom stereocenters. The summed E-state index contributed by atoms with van der Waals surface area (Å²) in [6.07, 6.45) is 1.57. The fraction of sp³-hybridized carbons (Fsp3) is 0.150. The molecule has 1 aliphatic rings. The number of thiocarbonyl (C=S) groups is 1. The van der Waals surface area contributed by atoms with Gasteiger partial charge < -0.3 is 19.4 Å². The number of carbonyl (C=O) groups excluding carboxylic acids is 2. The Morgan fingerprint density at radius 3 is 2.72 bits per heavy atom. The Morgan fingerprint density at radius 2 is 2.03 bits per heavy atom. The van der Waals surface area contributed by atoms with Crippen LogP contribution in [0.2, 0.25) is 0 Å². The average molecular weight is 432 g/mol. The maximum atomic E-state index is 13.8. The number of aliphatic carboxylic acids is 1. The van der Waals surface area contributed by atoms with Gasteiger partial charge in [-0.3, -0.25) is 9.69 Å². The van der Waals surface area contributed by atoms with Gasteiger partial charge in [-0.2, -0.15) is 0 Å². The first kappa shape index (κ1) is 20.8. The van der Waals surface area contributed by atoms with E-state index in [-0.39, 0.29) is 21.6 Å². The van der Waals surface area contributed by atoms with E-state index in [0.29, 0.717) is 22.6 Å². The normalized spacial score (nSPS) is 15.1. The molecule has 150 valence electrons. The number of rotatable bonds is 7. The molecule has 0 N–H and O–H groups in total. The van der Waals surface area contributed by atoms with Crippen molar-refractivity contribution < 1.29 is 28.6 Å². The lowest BCUT2D eigenvalue weighted by molar-refractivity contribution is -0.305. The molecular weight excluding hydrogens is 417 g/mol. The zero-order valence-corrected chi connectivity index (χ0v) is 16.8. The number of halogens is 1. The second-order valence-corrected chi connectivity index (χ2v) is 7.61. The minimum absolute atomic E-state index is 0.000212. The molecule has 2 aromatic rings. The van der Waals surface area contributed by atoms with E-state index in [0.717, 1.165) is 16.7 Å². The highest BCUT2D eigenvalue weighted by Crippen LogP contribution is 2.35. The van der Waals surface area contributed by atoms with E-state index in [4.69, 9.17) is 21.7 Å². The minimum Gasteiger partial charge on any atom is -0.548 e. The third-order valence-corrected chi connectivity index (χ3v) is 5.37. The topological polar surface area (TPSA) is 78.9 Å². The van der Waals surface area contributed by atoms with Gasteiger partial charge in [0.2, 0.25) is 0 Å². The van der Waals surface area contributed by atoms with Gasteiger partial charge in [0.25, 0.3) is 5.91 Å². The molecule has 6 nitrogen and oxygen atoms in total. The number of hydrogen-bond donors (Lipinski definition) is 0. The van der Waals surface area contributed by atoms with Crippen LogP contribution in [0.1, 0.15) is 11.1 Å². The summed E-state index contributed by atoms with van der Waals surface area (Å²) in [5.41, 5.74) is 1.01. The van der Waals surface area contributed by atoms with Crippen molar-refractivity contribution in [2.24, 2.45) is 0 Å². The number of thioether (sulfide) groups is 1. The van der Waals surface area contributed by atoms with Crippen molar-refractivity contribution in [2.45, 2.75) is 6.61 Å². The SMILES string of the molecule is COc1ccc(/C=C2\SC(=S)N(CC(=O)[O-])C2=O)cc1OCc1ccccc1F. The molecule has 0 spiro atoms. The third-order valence-electron chi connectivity index (χ3n) is 3.99. The standard InChI is InChI=1S/C20H16FNO5S2/c1-26-15-7-6-12(8-16(15)27-11-13-4-2-3-5-14(13)21)9-17-19(25)22(10-18(23)24)20(28)29-17/h2-9H,10-11H2,1H3,(H,23,24)/p-1/b17-9-. The summed E-state index contributed by atoms with van der Waals surface area (Å²) < 4.78 is 24.9. The lowest BCUT2D eigenvalue weighted by Gasteiger charge is -2.14. The summed E-state index contributed by atoms with van der Waals surface area (Å²) in [6, 6.07) is 11.3. The number of carbonyl (C=O) groups is 2. The van der Waals surface area contributed by atoms with E-state index in [1.54, 1.807) is 42.5 Å². The number of methoxy groups -OCH3 is 1. The first-order valence-corrected chi connectivity index (χ1v) is 9.61. The molecule has 9 heteroatoms. The highest BCUT2D eigenvalue weighted by molar-refractivity contribution is 8.26. The molecule has 0 radical (unpaired) electrons. The summed E-state index contributed by atoms with van der Waals surface area (Å²) in [4.78, 5) is 24.4. The Balaban J connectivity index is 1.82. The first-order valence-electron chi connectivity index (χ1n) is 8.38. The van der Waals surface area contributed by atoms with Gasteiger partial charge in [-0.25, -0.2) is 4.39 Å². The number of carboxylic acids is 1. The molecule has 1 saturated heterocycles. The van der Waals surface area contributed by atoms with Crippen LogP contribution < -0.4 is 14.6 Å². The number of carboxylic acid groups (broad SMARTS) is 1. The van der Waals surface area contributed by atoms with Gasteiger partial charge in [0.15, 0.2) is 11.5 Å². The van der Waals surface area contributed by atoms with Gasteiger partial charge in [-0.1, -0.05) is 48.2 Å². The Bertz CT molecular complexity index is 1010. The molecule has 1 amide bonds. The Morgan fingerprint density at radius 1 is 1.28 bits per heavy atom. The molecule has 0 bridgehead atoms. The molecule has 29 heavy (non-hydrogen) atoms. The van der Waals surface area contributed by atoms with Gasteiger partial charge in [0, 0.05) is 5.56 Å². The summed E-state index contributed by atoms with van der Waals surface area (Å²) in [7, 11) is 1.48. The monoisotopic (exact) mass is 432 g/mol. The smallest absolute Gasteiger partial charge is 0.266 e. The molecule has 1 aliphatic heterocycles. The van der Waals surface area contributed by atoms with Gasteiger partial charge in [0.05, 0.1) is 24.5 Å². The van der Waals surface area contributed by atoms with Gasteiger partial charge in [-0.15, -0.1) is 0 Å². The van der Waals surface area contributed by atoms with Crippen molar-refractivity contribution in [3.8, 4) is 11.5 Å². The molecule has 0 aliphatic carbocycles. The van der Waals surface area contributed by atoms with Crippen molar-refractivity contribution >= 4 is 46.3 Å². The predicted octanol–water partition coefficient (Wildman–Crippen LogP) is 2.36. The highest BCUT2D eigenvalue weighted by atomic mass is 32.2. The van der Waals surface area contributed by atoms with Crippen molar-refractivity contribution in [3.05, 3.63) is 64.3 Å². The van der Waals surface area contributed by atoms with Crippen LogP contribution >= 0.6 is 24.0 Å².